The zero-order valence-electron chi connectivity index (χ0n) is 15.9. The Labute approximate surface area is 161 Å². The Bertz CT molecular complexity index is 740. The van der Waals surface area contributed by atoms with Gasteiger partial charge in [-0.25, -0.2) is 4.79 Å². The third kappa shape index (κ3) is 4.86. The Balaban J connectivity index is 1.81. The highest BCUT2D eigenvalue weighted by atomic mass is 16.3. The van der Waals surface area contributed by atoms with Crippen LogP contribution in [-0.4, -0.2) is 28.3 Å². The predicted octanol–water partition coefficient (Wildman–Crippen LogP) is 3.86. The molecule has 27 heavy (non-hydrogen) atoms. The minimum absolute atomic E-state index is 0.0231. The molecule has 0 saturated heterocycles. The van der Waals surface area contributed by atoms with Crippen LogP contribution in [0.15, 0.2) is 48.8 Å². The van der Waals surface area contributed by atoms with Gasteiger partial charge in [0.15, 0.2) is 0 Å². The third-order valence-corrected chi connectivity index (χ3v) is 5.56. The number of nitrogens with zero attached hydrogens (tertiary/aromatic N) is 1. The number of benzene rings is 1. The fourth-order valence-electron chi connectivity index (χ4n) is 3.94. The molecule has 1 aliphatic carbocycles. The Hall–Kier alpha value is -2.40. The Morgan fingerprint density at radius 3 is 2.41 bits per heavy atom. The van der Waals surface area contributed by atoms with E-state index in [9.17, 15) is 9.90 Å². The molecule has 1 fully saturated rings. The molecule has 5 nitrogen and oxygen atoms in total. The van der Waals surface area contributed by atoms with Crippen LogP contribution in [0.1, 0.15) is 61.3 Å². The molecule has 0 radical (unpaired) electrons. The van der Waals surface area contributed by atoms with Gasteiger partial charge >= 0.3 is 6.03 Å². The Kier molecular flexibility index (Phi) is 6.45. The van der Waals surface area contributed by atoms with Gasteiger partial charge in [-0.1, -0.05) is 49.9 Å². The molecule has 2 aromatic rings. The quantitative estimate of drug-likeness (QED) is 0.703. The van der Waals surface area contributed by atoms with E-state index in [1.165, 1.54) is 0 Å². The molecular weight excluding hydrogens is 338 g/mol. The van der Waals surface area contributed by atoms with E-state index >= 15 is 0 Å². The summed E-state index contributed by atoms with van der Waals surface area (Å²) in [5, 5.41) is 16.2. The van der Waals surface area contributed by atoms with Crippen LogP contribution >= 0.6 is 0 Å². The number of carbonyl (C=O) groups is 1. The number of aryl methyl sites for hydroxylation is 1. The summed E-state index contributed by atoms with van der Waals surface area (Å²) in [7, 11) is 0. The van der Waals surface area contributed by atoms with Crippen LogP contribution in [0.5, 0.6) is 0 Å². The molecule has 3 N–H and O–H groups in total. The molecule has 0 spiro atoms. The number of carbonyl (C=O) groups excluding carboxylic acids is 1. The zero-order valence-corrected chi connectivity index (χ0v) is 15.9. The molecule has 2 amide bonds. The lowest BCUT2D eigenvalue weighted by atomic mass is 9.91. The number of hydrogen-bond donors (Lipinski definition) is 3. The summed E-state index contributed by atoms with van der Waals surface area (Å²) in [5.41, 5.74) is 2.63. The molecule has 1 aliphatic rings. The van der Waals surface area contributed by atoms with Crippen molar-refractivity contribution < 1.29 is 9.90 Å². The number of aromatic nitrogens is 1. The van der Waals surface area contributed by atoms with Crippen LogP contribution in [0.3, 0.4) is 0 Å². The van der Waals surface area contributed by atoms with Gasteiger partial charge in [0.25, 0.3) is 0 Å². The van der Waals surface area contributed by atoms with Gasteiger partial charge in [0.05, 0.1) is 18.2 Å². The maximum Gasteiger partial charge on any atom is 0.316 e. The van der Waals surface area contributed by atoms with Crippen LogP contribution < -0.4 is 10.6 Å². The lowest BCUT2D eigenvalue weighted by molar-refractivity contribution is 0.145. The second kappa shape index (κ2) is 9.00. The van der Waals surface area contributed by atoms with E-state index in [1.54, 1.807) is 12.4 Å². The molecule has 0 unspecified atom stereocenters. The number of rotatable bonds is 5. The van der Waals surface area contributed by atoms with Crippen molar-refractivity contribution >= 4 is 6.03 Å². The summed E-state index contributed by atoms with van der Waals surface area (Å²) < 4.78 is 0. The summed E-state index contributed by atoms with van der Waals surface area (Å²) in [6.45, 7) is 2.02. The van der Waals surface area contributed by atoms with Crippen molar-refractivity contribution in [1.29, 1.82) is 0 Å². The van der Waals surface area contributed by atoms with Crippen molar-refractivity contribution in [1.82, 2.24) is 15.6 Å². The number of amides is 2. The van der Waals surface area contributed by atoms with E-state index in [0.29, 0.717) is 0 Å². The first-order valence-corrected chi connectivity index (χ1v) is 9.78. The summed E-state index contributed by atoms with van der Waals surface area (Å²) >= 11 is 0. The van der Waals surface area contributed by atoms with Gasteiger partial charge < -0.3 is 15.7 Å². The zero-order chi connectivity index (χ0) is 19.1. The van der Waals surface area contributed by atoms with Gasteiger partial charge in [0.1, 0.15) is 0 Å². The summed E-state index contributed by atoms with van der Waals surface area (Å²) in [5.74, 6) is 0. The van der Waals surface area contributed by atoms with Crippen molar-refractivity contribution in [2.75, 3.05) is 6.61 Å². The van der Waals surface area contributed by atoms with Crippen molar-refractivity contribution in [2.45, 2.75) is 57.0 Å². The molecule has 0 bridgehead atoms. The van der Waals surface area contributed by atoms with Crippen LogP contribution in [-0.2, 0) is 0 Å². The van der Waals surface area contributed by atoms with E-state index in [1.807, 2.05) is 43.3 Å². The van der Waals surface area contributed by atoms with Crippen molar-refractivity contribution in [3.05, 3.63) is 65.5 Å². The largest absolute Gasteiger partial charge is 0.394 e. The van der Waals surface area contributed by atoms with Crippen molar-refractivity contribution in [2.24, 2.45) is 0 Å². The van der Waals surface area contributed by atoms with Crippen molar-refractivity contribution in [3.63, 3.8) is 0 Å². The van der Waals surface area contributed by atoms with Gasteiger partial charge in [0.2, 0.25) is 0 Å². The highest BCUT2D eigenvalue weighted by Crippen LogP contribution is 2.28. The van der Waals surface area contributed by atoms with Gasteiger partial charge in [-0.3, -0.25) is 4.98 Å². The van der Waals surface area contributed by atoms with Crippen molar-refractivity contribution in [3.8, 4) is 0 Å². The number of hydrogen-bond acceptors (Lipinski definition) is 3. The van der Waals surface area contributed by atoms with Crippen LogP contribution in [0.25, 0.3) is 0 Å². The lowest BCUT2D eigenvalue weighted by Crippen LogP contribution is -2.54. The second-order valence-corrected chi connectivity index (χ2v) is 7.52. The average Bonchev–Trinajstić information content (AvgIpc) is 2.93. The normalized spacial score (nSPS) is 17.6. The van der Waals surface area contributed by atoms with E-state index in [4.69, 9.17) is 0 Å². The summed E-state index contributed by atoms with van der Waals surface area (Å²) in [6.07, 6.45) is 9.50. The molecule has 3 rings (SSSR count). The maximum atomic E-state index is 12.9. The number of aliphatic hydroxyl groups is 1. The number of nitrogens with one attached hydrogen (secondary N) is 2. The van der Waals surface area contributed by atoms with Crippen LogP contribution in [0.2, 0.25) is 0 Å². The monoisotopic (exact) mass is 367 g/mol. The maximum absolute atomic E-state index is 12.9. The first kappa shape index (κ1) is 19.4. The van der Waals surface area contributed by atoms with Crippen LogP contribution in [0, 0.1) is 6.92 Å². The van der Waals surface area contributed by atoms with Gasteiger partial charge in [-0.15, -0.1) is 0 Å². The fourth-order valence-corrected chi connectivity index (χ4v) is 3.94. The van der Waals surface area contributed by atoms with E-state index in [0.717, 1.165) is 55.2 Å². The Morgan fingerprint density at radius 1 is 1.11 bits per heavy atom. The summed E-state index contributed by atoms with van der Waals surface area (Å²) in [4.78, 5) is 17.0. The first-order chi connectivity index (χ1) is 13.1. The third-order valence-electron chi connectivity index (χ3n) is 5.56. The fraction of sp³-hybridized carbons (Fsp3) is 0.455. The Morgan fingerprint density at radius 2 is 1.78 bits per heavy atom. The molecule has 0 aliphatic heterocycles. The highest BCUT2D eigenvalue weighted by Gasteiger charge is 2.32. The predicted molar refractivity (Wildman–Crippen MR) is 106 cm³/mol. The van der Waals surface area contributed by atoms with E-state index in [2.05, 4.69) is 15.6 Å². The minimum atomic E-state index is -0.519. The van der Waals surface area contributed by atoms with Gasteiger partial charge in [-0.2, -0.15) is 0 Å². The molecule has 1 heterocycles. The lowest BCUT2D eigenvalue weighted by Gasteiger charge is -2.33. The number of aliphatic hydroxyl groups excluding tert-OH is 1. The second-order valence-electron chi connectivity index (χ2n) is 7.52. The molecule has 1 saturated carbocycles. The minimum Gasteiger partial charge on any atom is -0.394 e. The van der Waals surface area contributed by atoms with E-state index in [-0.39, 0.29) is 18.7 Å². The first-order valence-electron chi connectivity index (χ1n) is 9.78. The molecule has 1 aromatic carbocycles. The summed E-state index contributed by atoms with van der Waals surface area (Å²) in [6, 6.07) is 11.4. The van der Waals surface area contributed by atoms with Crippen LogP contribution in [0.4, 0.5) is 4.79 Å². The smallest absolute Gasteiger partial charge is 0.316 e. The van der Waals surface area contributed by atoms with Gasteiger partial charge in [0, 0.05) is 12.4 Å². The number of pyridine rings is 1. The molecule has 1 aromatic heterocycles. The average molecular weight is 367 g/mol. The molecular formula is C22H29N3O2. The molecule has 1 atom stereocenters. The SMILES string of the molecule is Cc1ccccc1[C@@H](NC(=O)NC1(CO)CCCCCC1)c1ccncc1. The molecule has 144 valence electrons. The van der Waals surface area contributed by atoms with Gasteiger partial charge in [-0.05, 0) is 48.6 Å². The van der Waals surface area contributed by atoms with E-state index < -0.39 is 5.54 Å². The number of urea groups is 1. The topological polar surface area (TPSA) is 74.2 Å². The standard InChI is InChI=1S/C22H29N3O2/c1-17-8-4-5-9-19(17)20(18-10-14-23-15-11-18)24-21(27)25-22(16-26)12-6-2-3-7-13-22/h4-5,8-11,14-15,20,26H,2-3,6-7,12-13,16H2,1H3,(H2,24,25,27)/t20-/m0/s1. The highest BCUT2D eigenvalue weighted by molar-refractivity contribution is 5.76. The molecule has 5 heteroatoms.